The van der Waals surface area contributed by atoms with E-state index in [4.69, 9.17) is 5.11 Å². The smallest absolute Gasteiger partial charge is 0.310 e. The molecule has 1 rings (SSSR count). The first-order chi connectivity index (χ1) is 5.54. The summed E-state index contributed by atoms with van der Waals surface area (Å²) in [5, 5.41) is 15.5. The second-order valence-corrected chi connectivity index (χ2v) is 2.91. The second kappa shape index (κ2) is 2.97. The third kappa shape index (κ3) is 1.32. The molecule has 0 amide bonds. The average Bonchev–Trinajstić information content (AvgIpc) is 2.30. The second-order valence-electron chi connectivity index (χ2n) is 2.91. The standard InChI is InChI=1S/C8H12N2O2/c1-4(8(11)12)7-5(2)9-10-6(7)3/h4H,1-3H3,(H,9,10)(H,11,12)/t4-/m1/s1. The SMILES string of the molecule is Cc1n[nH]c(C)c1[C@@H](C)C(=O)O. The van der Waals surface area contributed by atoms with Gasteiger partial charge in [-0.2, -0.15) is 5.10 Å². The lowest BCUT2D eigenvalue weighted by atomic mass is 10.00. The molecule has 4 nitrogen and oxygen atoms in total. The van der Waals surface area contributed by atoms with Crippen molar-refractivity contribution in [2.24, 2.45) is 0 Å². The minimum atomic E-state index is -0.817. The van der Waals surface area contributed by atoms with E-state index in [1.165, 1.54) is 0 Å². The van der Waals surface area contributed by atoms with Gasteiger partial charge in [-0.05, 0) is 20.8 Å². The zero-order chi connectivity index (χ0) is 9.30. The van der Waals surface area contributed by atoms with Crippen LogP contribution in [0.3, 0.4) is 0 Å². The maximum Gasteiger partial charge on any atom is 0.310 e. The molecule has 0 aromatic carbocycles. The molecule has 0 aliphatic rings. The van der Waals surface area contributed by atoms with Crippen LogP contribution in [-0.2, 0) is 4.79 Å². The van der Waals surface area contributed by atoms with Crippen LogP contribution < -0.4 is 0 Å². The van der Waals surface area contributed by atoms with Crippen molar-refractivity contribution in [3.8, 4) is 0 Å². The van der Waals surface area contributed by atoms with Crippen molar-refractivity contribution in [3.05, 3.63) is 17.0 Å². The Morgan fingerprint density at radius 3 is 2.50 bits per heavy atom. The summed E-state index contributed by atoms with van der Waals surface area (Å²) in [6.45, 7) is 5.29. The number of hydrogen-bond donors (Lipinski definition) is 2. The fourth-order valence-corrected chi connectivity index (χ4v) is 1.32. The Hall–Kier alpha value is -1.32. The van der Waals surface area contributed by atoms with Crippen molar-refractivity contribution in [1.29, 1.82) is 0 Å². The summed E-state index contributed by atoms with van der Waals surface area (Å²) in [5.74, 6) is -1.30. The highest BCUT2D eigenvalue weighted by Gasteiger charge is 2.19. The van der Waals surface area contributed by atoms with Gasteiger partial charge in [0.15, 0.2) is 0 Å². The van der Waals surface area contributed by atoms with Gasteiger partial charge in [0.05, 0.1) is 11.6 Å². The third-order valence-electron chi connectivity index (χ3n) is 1.99. The summed E-state index contributed by atoms with van der Waals surface area (Å²) < 4.78 is 0. The minimum Gasteiger partial charge on any atom is -0.481 e. The molecule has 0 bridgehead atoms. The molecule has 12 heavy (non-hydrogen) atoms. The lowest BCUT2D eigenvalue weighted by molar-refractivity contribution is -0.138. The van der Waals surface area contributed by atoms with Crippen LogP contribution in [-0.4, -0.2) is 21.3 Å². The number of aromatic nitrogens is 2. The van der Waals surface area contributed by atoms with E-state index in [1.807, 2.05) is 6.92 Å². The summed E-state index contributed by atoms with van der Waals surface area (Å²) in [6, 6.07) is 0. The first-order valence-corrected chi connectivity index (χ1v) is 3.78. The third-order valence-corrected chi connectivity index (χ3v) is 1.99. The molecule has 0 aliphatic heterocycles. The van der Waals surface area contributed by atoms with E-state index >= 15 is 0 Å². The van der Waals surface area contributed by atoms with Crippen LogP contribution in [0, 0.1) is 13.8 Å². The molecule has 66 valence electrons. The predicted molar refractivity (Wildman–Crippen MR) is 44.1 cm³/mol. The van der Waals surface area contributed by atoms with Crippen molar-refractivity contribution in [1.82, 2.24) is 10.2 Å². The average molecular weight is 168 g/mol. The highest BCUT2D eigenvalue weighted by molar-refractivity contribution is 5.76. The van der Waals surface area contributed by atoms with Gasteiger partial charge in [-0.1, -0.05) is 0 Å². The lowest BCUT2D eigenvalue weighted by Gasteiger charge is -2.05. The van der Waals surface area contributed by atoms with Gasteiger partial charge in [0, 0.05) is 11.3 Å². The maximum atomic E-state index is 10.7. The summed E-state index contributed by atoms with van der Waals surface area (Å²) in [5.41, 5.74) is 2.40. The number of hydrogen-bond acceptors (Lipinski definition) is 2. The van der Waals surface area contributed by atoms with Gasteiger partial charge in [0.2, 0.25) is 0 Å². The molecule has 1 aromatic rings. The van der Waals surface area contributed by atoms with Crippen LogP contribution >= 0.6 is 0 Å². The normalized spacial score (nSPS) is 12.9. The van der Waals surface area contributed by atoms with E-state index in [0.29, 0.717) is 0 Å². The first-order valence-electron chi connectivity index (χ1n) is 3.78. The molecule has 0 spiro atoms. The molecule has 0 aliphatic carbocycles. The Kier molecular flexibility index (Phi) is 2.17. The number of nitrogens with one attached hydrogen (secondary N) is 1. The van der Waals surface area contributed by atoms with Gasteiger partial charge in [0.25, 0.3) is 0 Å². The number of rotatable bonds is 2. The molecule has 1 atom stereocenters. The summed E-state index contributed by atoms with van der Waals surface area (Å²) in [7, 11) is 0. The Morgan fingerprint density at radius 2 is 2.17 bits per heavy atom. The molecule has 4 heteroatoms. The number of carboxylic acids is 1. The lowest BCUT2D eigenvalue weighted by Crippen LogP contribution is -2.08. The van der Waals surface area contributed by atoms with Crippen molar-refractivity contribution in [3.63, 3.8) is 0 Å². The van der Waals surface area contributed by atoms with E-state index in [2.05, 4.69) is 10.2 Å². The van der Waals surface area contributed by atoms with E-state index in [9.17, 15) is 4.79 Å². The minimum absolute atomic E-state index is 0.483. The topological polar surface area (TPSA) is 66.0 Å². The van der Waals surface area contributed by atoms with Crippen molar-refractivity contribution >= 4 is 5.97 Å². The van der Waals surface area contributed by atoms with Crippen molar-refractivity contribution in [2.75, 3.05) is 0 Å². The number of aliphatic carboxylic acids is 1. The predicted octanol–water partition coefficient (Wildman–Crippen LogP) is 1.21. The van der Waals surface area contributed by atoms with Gasteiger partial charge in [0.1, 0.15) is 0 Å². The van der Waals surface area contributed by atoms with Crippen LogP contribution in [0.5, 0.6) is 0 Å². The number of aromatic amines is 1. The quantitative estimate of drug-likeness (QED) is 0.697. The molecule has 0 fully saturated rings. The largest absolute Gasteiger partial charge is 0.481 e. The Balaban J connectivity index is 3.08. The van der Waals surface area contributed by atoms with Crippen LogP contribution in [0.4, 0.5) is 0 Å². The fraction of sp³-hybridized carbons (Fsp3) is 0.500. The number of aryl methyl sites for hydroxylation is 2. The van der Waals surface area contributed by atoms with Gasteiger partial charge in [-0.15, -0.1) is 0 Å². The molecule has 0 saturated heterocycles. The molecular formula is C8H12N2O2. The Morgan fingerprint density at radius 1 is 1.58 bits per heavy atom. The first kappa shape index (κ1) is 8.77. The Labute approximate surface area is 70.6 Å². The number of carboxylic acid groups (broad SMARTS) is 1. The highest BCUT2D eigenvalue weighted by atomic mass is 16.4. The molecule has 1 aromatic heterocycles. The number of nitrogens with zero attached hydrogens (tertiary/aromatic N) is 1. The van der Waals surface area contributed by atoms with Crippen molar-refractivity contribution < 1.29 is 9.90 Å². The van der Waals surface area contributed by atoms with E-state index < -0.39 is 11.9 Å². The summed E-state index contributed by atoms with van der Waals surface area (Å²) in [4.78, 5) is 10.7. The highest BCUT2D eigenvalue weighted by Crippen LogP contribution is 2.20. The zero-order valence-electron chi connectivity index (χ0n) is 7.38. The zero-order valence-corrected chi connectivity index (χ0v) is 7.38. The molecule has 0 radical (unpaired) electrons. The molecule has 2 N–H and O–H groups in total. The van der Waals surface area contributed by atoms with E-state index in [1.54, 1.807) is 13.8 Å². The molecule has 0 saturated carbocycles. The number of H-pyrrole nitrogens is 1. The molecular weight excluding hydrogens is 156 g/mol. The van der Waals surface area contributed by atoms with Crippen LogP contribution in [0.2, 0.25) is 0 Å². The van der Waals surface area contributed by atoms with Gasteiger partial charge in [-0.25, -0.2) is 0 Å². The van der Waals surface area contributed by atoms with E-state index in [-0.39, 0.29) is 0 Å². The van der Waals surface area contributed by atoms with Gasteiger partial charge in [-0.3, -0.25) is 9.89 Å². The maximum absolute atomic E-state index is 10.7. The van der Waals surface area contributed by atoms with E-state index in [0.717, 1.165) is 17.0 Å². The van der Waals surface area contributed by atoms with Crippen molar-refractivity contribution in [2.45, 2.75) is 26.7 Å². The van der Waals surface area contributed by atoms with Crippen LogP contribution in [0.25, 0.3) is 0 Å². The summed E-state index contributed by atoms with van der Waals surface area (Å²) >= 11 is 0. The molecule has 1 heterocycles. The van der Waals surface area contributed by atoms with Gasteiger partial charge < -0.3 is 5.11 Å². The number of carbonyl (C=O) groups is 1. The van der Waals surface area contributed by atoms with Crippen LogP contribution in [0.15, 0.2) is 0 Å². The molecule has 0 unspecified atom stereocenters. The van der Waals surface area contributed by atoms with Gasteiger partial charge >= 0.3 is 5.97 Å². The fourth-order valence-electron chi connectivity index (χ4n) is 1.32. The monoisotopic (exact) mass is 168 g/mol. The Bertz CT molecular complexity index is 285. The van der Waals surface area contributed by atoms with Crippen LogP contribution in [0.1, 0.15) is 29.8 Å². The summed E-state index contributed by atoms with van der Waals surface area (Å²) in [6.07, 6.45) is 0.